The van der Waals surface area contributed by atoms with Gasteiger partial charge in [0.05, 0.1) is 12.7 Å². The number of rotatable bonds is 7. The molecule has 0 spiro atoms. The van der Waals surface area contributed by atoms with Crippen molar-refractivity contribution in [3.8, 4) is 0 Å². The molecule has 0 aromatic carbocycles. The molecular weight excluding hydrogens is 152 g/mol. The van der Waals surface area contributed by atoms with Gasteiger partial charge in [-0.05, 0) is 19.3 Å². The fourth-order valence-electron chi connectivity index (χ4n) is 0.798. The van der Waals surface area contributed by atoms with Crippen LogP contribution in [-0.4, -0.2) is 25.9 Å². The molecule has 74 valence electrons. The van der Waals surface area contributed by atoms with Gasteiger partial charge >= 0.3 is 0 Å². The third-order valence-electron chi connectivity index (χ3n) is 1.42. The van der Waals surface area contributed by atoms with Crippen molar-refractivity contribution in [1.29, 1.82) is 0 Å². The van der Waals surface area contributed by atoms with E-state index in [4.69, 9.17) is 9.47 Å². The Labute approximate surface area is 76.3 Å². The summed E-state index contributed by atoms with van der Waals surface area (Å²) in [5.41, 5.74) is 0. The van der Waals surface area contributed by atoms with Crippen molar-refractivity contribution in [1.82, 2.24) is 0 Å². The van der Waals surface area contributed by atoms with Crippen LogP contribution in [0.2, 0.25) is 0 Å². The van der Waals surface area contributed by atoms with Crippen LogP contribution in [0.3, 0.4) is 0 Å². The van der Waals surface area contributed by atoms with Gasteiger partial charge in [-0.1, -0.05) is 20.8 Å². The molecule has 2 heteroatoms. The van der Waals surface area contributed by atoms with E-state index in [9.17, 15) is 0 Å². The molecule has 1 unspecified atom stereocenters. The molecule has 0 aliphatic carbocycles. The van der Waals surface area contributed by atoms with Crippen molar-refractivity contribution in [3.05, 3.63) is 0 Å². The van der Waals surface area contributed by atoms with E-state index in [1.165, 1.54) is 0 Å². The Morgan fingerprint density at radius 3 is 2.25 bits per heavy atom. The van der Waals surface area contributed by atoms with Crippen molar-refractivity contribution < 1.29 is 9.47 Å². The fraction of sp³-hybridized carbons (Fsp3) is 1.00. The summed E-state index contributed by atoms with van der Waals surface area (Å²) in [6, 6.07) is 0. The Morgan fingerprint density at radius 2 is 1.75 bits per heavy atom. The molecule has 0 aromatic rings. The first-order valence-corrected chi connectivity index (χ1v) is 4.86. The van der Waals surface area contributed by atoms with Crippen LogP contribution in [0.25, 0.3) is 0 Å². The third-order valence-corrected chi connectivity index (χ3v) is 1.42. The molecule has 0 heterocycles. The quantitative estimate of drug-likeness (QED) is 0.552. The van der Waals surface area contributed by atoms with E-state index < -0.39 is 0 Å². The van der Waals surface area contributed by atoms with Crippen LogP contribution in [0.15, 0.2) is 0 Å². The number of hydrogen-bond donors (Lipinski definition) is 0. The Bertz CT molecular complexity index is 91.8. The van der Waals surface area contributed by atoms with Gasteiger partial charge in [-0.3, -0.25) is 0 Å². The molecule has 0 N–H and O–H groups in total. The van der Waals surface area contributed by atoms with E-state index in [1.807, 2.05) is 0 Å². The zero-order chi connectivity index (χ0) is 9.40. The number of ether oxygens (including phenoxy) is 2. The highest BCUT2D eigenvalue weighted by atomic mass is 16.5. The van der Waals surface area contributed by atoms with Crippen LogP contribution in [0, 0.1) is 5.92 Å². The van der Waals surface area contributed by atoms with Gasteiger partial charge in [0.2, 0.25) is 0 Å². The lowest BCUT2D eigenvalue weighted by Gasteiger charge is -2.14. The molecule has 0 aliphatic heterocycles. The maximum atomic E-state index is 5.52. The smallest absolute Gasteiger partial charge is 0.0780 e. The summed E-state index contributed by atoms with van der Waals surface area (Å²) in [5.74, 6) is 0.610. The van der Waals surface area contributed by atoms with Gasteiger partial charge < -0.3 is 9.47 Å². The lowest BCUT2D eigenvalue weighted by atomic mass is 10.2. The fourth-order valence-corrected chi connectivity index (χ4v) is 0.798. The minimum absolute atomic E-state index is 0.235. The first-order chi connectivity index (χ1) is 5.66. The van der Waals surface area contributed by atoms with Crippen molar-refractivity contribution >= 4 is 0 Å². The highest BCUT2D eigenvalue weighted by Crippen LogP contribution is 1.98. The molecule has 0 aromatic heterocycles. The van der Waals surface area contributed by atoms with E-state index in [2.05, 4.69) is 27.7 Å². The largest absolute Gasteiger partial charge is 0.379 e. The van der Waals surface area contributed by atoms with Crippen LogP contribution >= 0.6 is 0 Å². The summed E-state index contributed by atoms with van der Waals surface area (Å²) in [5, 5.41) is 0. The van der Waals surface area contributed by atoms with E-state index in [-0.39, 0.29) is 6.10 Å². The molecule has 0 rings (SSSR count). The molecule has 0 radical (unpaired) electrons. The monoisotopic (exact) mass is 174 g/mol. The second kappa shape index (κ2) is 7.56. The average molecular weight is 174 g/mol. The van der Waals surface area contributed by atoms with E-state index >= 15 is 0 Å². The van der Waals surface area contributed by atoms with E-state index in [0.29, 0.717) is 5.92 Å². The van der Waals surface area contributed by atoms with Crippen molar-refractivity contribution in [3.63, 3.8) is 0 Å². The van der Waals surface area contributed by atoms with Crippen LogP contribution < -0.4 is 0 Å². The highest BCUT2D eigenvalue weighted by molar-refractivity contribution is 4.49. The second-order valence-electron chi connectivity index (χ2n) is 3.61. The maximum absolute atomic E-state index is 5.52. The van der Waals surface area contributed by atoms with Gasteiger partial charge in [0.15, 0.2) is 0 Å². The summed E-state index contributed by atoms with van der Waals surface area (Å²) >= 11 is 0. The Morgan fingerprint density at radius 1 is 1.08 bits per heavy atom. The SMILES string of the molecule is CCCOCC(C)OCC(C)C. The van der Waals surface area contributed by atoms with Gasteiger partial charge in [-0.25, -0.2) is 0 Å². The normalized spacial score (nSPS) is 13.8. The molecule has 12 heavy (non-hydrogen) atoms. The predicted molar refractivity (Wildman–Crippen MR) is 51.4 cm³/mol. The summed E-state index contributed by atoms with van der Waals surface area (Å²) in [4.78, 5) is 0. The Hall–Kier alpha value is -0.0800. The van der Waals surface area contributed by atoms with Gasteiger partial charge in [0.25, 0.3) is 0 Å². The van der Waals surface area contributed by atoms with Gasteiger partial charge in [0.1, 0.15) is 0 Å². The molecule has 0 bridgehead atoms. The van der Waals surface area contributed by atoms with Crippen LogP contribution in [-0.2, 0) is 9.47 Å². The molecular formula is C10H22O2. The van der Waals surface area contributed by atoms with Gasteiger partial charge in [0, 0.05) is 13.2 Å². The minimum Gasteiger partial charge on any atom is -0.379 e. The summed E-state index contributed by atoms with van der Waals surface area (Å²) in [6.45, 7) is 10.9. The van der Waals surface area contributed by atoms with Gasteiger partial charge in [-0.15, -0.1) is 0 Å². The standard InChI is InChI=1S/C10H22O2/c1-5-6-11-8-10(4)12-7-9(2)3/h9-10H,5-8H2,1-4H3. The number of hydrogen-bond acceptors (Lipinski definition) is 2. The summed E-state index contributed by atoms with van der Waals surface area (Å²) in [7, 11) is 0. The van der Waals surface area contributed by atoms with Gasteiger partial charge in [-0.2, -0.15) is 0 Å². The highest BCUT2D eigenvalue weighted by Gasteiger charge is 2.02. The first-order valence-electron chi connectivity index (χ1n) is 4.86. The zero-order valence-corrected chi connectivity index (χ0v) is 8.80. The summed E-state index contributed by atoms with van der Waals surface area (Å²) in [6.07, 6.45) is 1.32. The second-order valence-corrected chi connectivity index (χ2v) is 3.61. The minimum atomic E-state index is 0.235. The molecule has 1 atom stereocenters. The Balaban J connectivity index is 3.15. The van der Waals surface area contributed by atoms with Crippen molar-refractivity contribution in [2.45, 2.75) is 40.2 Å². The average Bonchev–Trinajstić information content (AvgIpc) is 2.01. The molecule has 2 nitrogen and oxygen atoms in total. The van der Waals surface area contributed by atoms with E-state index in [0.717, 1.165) is 26.2 Å². The van der Waals surface area contributed by atoms with Crippen LogP contribution in [0.4, 0.5) is 0 Å². The Kier molecular flexibility index (Phi) is 7.51. The maximum Gasteiger partial charge on any atom is 0.0780 e. The van der Waals surface area contributed by atoms with Crippen LogP contribution in [0.5, 0.6) is 0 Å². The molecule has 0 fully saturated rings. The predicted octanol–water partition coefficient (Wildman–Crippen LogP) is 2.47. The summed E-state index contributed by atoms with van der Waals surface area (Å²) < 4.78 is 10.9. The molecule has 0 aliphatic rings. The first kappa shape index (κ1) is 11.9. The lowest BCUT2D eigenvalue weighted by molar-refractivity contribution is -0.0158. The van der Waals surface area contributed by atoms with Crippen molar-refractivity contribution in [2.75, 3.05) is 19.8 Å². The van der Waals surface area contributed by atoms with E-state index in [1.54, 1.807) is 0 Å². The molecule has 0 amide bonds. The molecule has 0 saturated carbocycles. The lowest BCUT2D eigenvalue weighted by Crippen LogP contribution is -2.18. The van der Waals surface area contributed by atoms with Crippen molar-refractivity contribution in [2.24, 2.45) is 5.92 Å². The molecule has 0 saturated heterocycles. The van der Waals surface area contributed by atoms with Crippen LogP contribution in [0.1, 0.15) is 34.1 Å². The zero-order valence-electron chi connectivity index (χ0n) is 8.80. The third kappa shape index (κ3) is 8.02. The topological polar surface area (TPSA) is 18.5 Å².